The van der Waals surface area contributed by atoms with Crippen molar-refractivity contribution in [2.75, 3.05) is 17.8 Å². The number of nitrogens with zero attached hydrogens (tertiary/aromatic N) is 2. The maximum absolute atomic E-state index is 13.1. The maximum Gasteiger partial charge on any atom is 0.261 e. The minimum absolute atomic E-state index is 0.193. The number of anilines is 1. The van der Waals surface area contributed by atoms with Gasteiger partial charge in [-0.3, -0.25) is 9.71 Å². The Kier molecular flexibility index (Phi) is 11.5. The molecule has 0 fully saturated rings. The molecule has 0 aliphatic carbocycles. The highest BCUT2D eigenvalue weighted by Crippen LogP contribution is 2.30. The van der Waals surface area contributed by atoms with Crippen LogP contribution < -0.4 is 10.0 Å². The summed E-state index contributed by atoms with van der Waals surface area (Å²) >= 11 is 1.55. The number of benzene rings is 3. The Labute approximate surface area is 270 Å². The SMILES string of the molecule is CCCCCCc1ccc(-c2csc(-c3ccc(S(=O)(=O)Nc4ccc(CCNC[C@@H](O)c5cccnc5)cc4)cc3)n2)cc1. The van der Waals surface area contributed by atoms with E-state index in [9.17, 15) is 13.5 Å². The van der Waals surface area contributed by atoms with Crippen LogP contribution in [0.1, 0.15) is 55.4 Å². The second-order valence-corrected chi connectivity index (χ2v) is 13.7. The monoisotopic (exact) mass is 640 g/mol. The van der Waals surface area contributed by atoms with Crippen molar-refractivity contribution in [3.05, 3.63) is 119 Å². The van der Waals surface area contributed by atoms with E-state index in [1.54, 1.807) is 66.2 Å². The molecule has 0 spiro atoms. The molecule has 0 aliphatic rings. The topological polar surface area (TPSA) is 104 Å². The Morgan fingerprint density at radius 2 is 1.56 bits per heavy atom. The number of nitrogens with one attached hydrogen (secondary N) is 2. The molecule has 3 N–H and O–H groups in total. The van der Waals surface area contributed by atoms with Gasteiger partial charge in [0.1, 0.15) is 5.01 Å². The largest absolute Gasteiger partial charge is 0.387 e. The number of aliphatic hydroxyl groups is 1. The minimum Gasteiger partial charge on any atom is -0.387 e. The van der Waals surface area contributed by atoms with Gasteiger partial charge >= 0.3 is 0 Å². The molecule has 5 rings (SSSR count). The van der Waals surface area contributed by atoms with Gasteiger partial charge in [-0.1, -0.05) is 80.8 Å². The van der Waals surface area contributed by atoms with E-state index in [4.69, 9.17) is 4.98 Å². The lowest BCUT2D eigenvalue weighted by atomic mass is 10.0. The van der Waals surface area contributed by atoms with Crippen LogP contribution in [0.3, 0.4) is 0 Å². The minimum atomic E-state index is -3.75. The number of pyridine rings is 1. The van der Waals surface area contributed by atoms with Crippen LogP contribution in [0.25, 0.3) is 21.8 Å². The van der Waals surface area contributed by atoms with Gasteiger partial charge < -0.3 is 10.4 Å². The lowest BCUT2D eigenvalue weighted by Gasteiger charge is -2.12. The number of hydrogen-bond acceptors (Lipinski definition) is 7. The molecule has 1 atom stereocenters. The molecule has 7 nitrogen and oxygen atoms in total. The van der Waals surface area contributed by atoms with Crippen molar-refractivity contribution < 1.29 is 13.5 Å². The first kappa shape index (κ1) is 32.5. The van der Waals surface area contributed by atoms with E-state index >= 15 is 0 Å². The Balaban J connectivity index is 1.12. The number of aryl methyl sites for hydroxylation is 1. The fourth-order valence-corrected chi connectivity index (χ4v) is 6.92. The summed E-state index contributed by atoms with van der Waals surface area (Å²) in [7, 11) is -3.75. The van der Waals surface area contributed by atoms with Gasteiger partial charge in [-0.15, -0.1) is 11.3 Å². The molecule has 2 heterocycles. The predicted octanol–water partition coefficient (Wildman–Crippen LogP) is 7.66. The van der Waals surface area contributed by atoms with Gasteiger partial charge in [0, 0.05) is 46.7 Å². The zero-order chi connectivity index (χ0) is 31.5. The fraction of sp³-hybridized carbons (Fsp3) is 0.278. The van der Waals surface area contributed by atoms with Crippen LogP contribution in [0.2, 0.25) is 0 Å². The average molecular weight is 641 g/mol. The maximum atomic E-state index is 13.1. The van der Waals surface area contributed by atoms with E-state index in [1.165, 1.54) is 31.2 Å². The molecule has 3 aromatic carbocycles. The third-order valence-electron chi connectivity index (χ3n) is 7.69. The van der Waals surface area contributed by atoms with Gasteiger partial charge in [0.05, 0.1) is 16.7 Å². The molecule has 0 saturated heterocycles. The Hall–Kier alpha value is -3.89. The van der Waals surface area contributed by atoms with Crippen LogP contribution in [0.15, 0.2) is 108 Å². The smallest absolute Gasteiger partial charge is 0.261 e. The summed E-state index contributed by atoms with van der Waals surface area (Å²) in [4.78, 5) is 9.04. The van der Waals surface area contributed by atoms with Gasteiger partial charge in [-0.25, -0.2) is 13.4 Å². The number of sulfonamides is 1. The van der Waals surface area contributed by atoms with Gasteiger partial charge in [0.2, 0.25) is 0 Å². The summed E-state index contributed by atoms with van der Waals surface area (Å²) in [5.41, 5.74) is 6.58. The second kappa shape index (κ2) is 15.9. The highest BCUT2D eigenvalue weighted by molar-refractivity contribution is 7.92. The van der Waals surface area contributed by atoms with Crippen molar-refractivity contribution in [2.45, 2.75) is 56.4 Å². The molecule has 0 bridgehead atoms. The lowest BCUT2D eigenvalue weighted by Crippen LogP contribution is -2.23. The number of rotatable bonds is 16. The van der Waals surface area contributed by atoms with Crippen LogP contribution in [0.5, 0.6) is 0 Å². The highest BCUT2D eigenvalue weighted by Gasteiger charge is 2.15. The van der Waals surface area contributed by atoms with E-state index in [2.05, 4.69) is 46.2 Å². The van der Waals surface area contributed by atoms with Crippen LogP contribution in [0, 0.1) is 0 Å². The van der Waals surface area contributed by atoms with Gasteiger partial charge in [0.15, 0.2) is 0 Å². The molecule has 0 unspecified atom stereocenters. The van der Waals surface area contributed by atoms with Crippen LogP contribution in [0.4, 0.5) is 5.69 Å². The number of aliphatic hydroxyl groups excluding tert-OH is 1. The van der Waals surface area contributed by atoms with E-state index in [1.807, 2.05) is 23.6 Å². The Morgan fingerprint density at radius 3 is 2.27 bits per heavy atom. The number of aromatic nitrogens is 2. The molecule has 0 saturated carbocycles. The van der Waals surface area contributed by atoms with Crippen molar-refractivity contribution in [1.82, 2.24) is 15.3 Å². The van der Waals surface area contributed by atoms with Gasteiger partial charge in [0.25, 0.3) is 10.0 Å². The van der Waals surface area contributed by atoms with E-state index in [0.29, 0.717) is 18.8 Å². The third kappa shape index (κ3) is 9.31. The zero-order valence-corrected chi connectivity index (χ0v) is 27.2. The van der Waals surface area contributed by atoms with Gasteiger partial charge in [-0.05, 0) is 67.3 Å². The summed E-state index contributed by atoms with van der Waals surface area (Å²) in [5, 5.41) is 16.4. The summed E-state index contributed by atoms with van der Waals surface area (Å²) < 4.78 is 28.8. The Morgan fingerprint density at radius 1 is 0.844 bits per heavy atom. The normalized spacial score (nSPS) is 12.2. The standard InChI is InChI=1S/C36H40N4O3S2/c1-2-3-4-5-7-27-9-13-29(14-10-27)34-26-44-36(39-34)30-15-19-33(20-16-30)45(42,43)40-32-17-11-28(12-18-32)21-23-38-25-35(41)31-8-6-22-37-24-31/h6,8-20,22,24,26,35,38,40-41H,2-5,7,21,23,25H2,1H3/t35-/m1/s1. The van der Waals surface area contributed by atoms with Crippen molar-refractivity contribution in [3.63, 3.8) is 0 Å². The predicted molar refractivity (Wildman–Crippen MR) is 184 cm³/mol. The van der Waals surface area contributed by atoms with E-state index < -0.39 is 16.1 Å². The first-order valence-corrected chi connectivity index (χ1v) is 17.8. The van der Waals surface area contributed by atoms with Crippen molar-refractivity contribution in [2.24, 2.45) is 0 Å². The molecule has 0 radical (unpaired) electrons. The first-order valence-electron chi connectivity index (χ1n) is 15.5. The molecule has 45 heavy (non-hydrogen) atoms. The molecule has 5 aromatic rings. The number of unbranched alkanes of at least 4 members (excludes halogenated alkanes) is 3. The molecule has 9 heteroatoms. The lowest BCUT2D eigenvalue weighted by molar-refractivity contribution is 0.174. The first-order chi connectivity index (χ1) is 21.9. The van der Waals surface area contributed by atoms with Crippen LogP contribution in [-0.2, 0) is 22.9 Å². The summed E-state index contributed by atoms with van der Waals surface area (Å²) in [6.07, 6.45) is 9.62. The number of hydrogen-bond donors (Lipinski definition) is 3. The van der Waals surface area contributed by atoms with Crippen LogP contribution in [-0.4, -0.2) is 36.6 Å². The van der Waals surface area contributed by atoms with Crippen molar-refractivity contribution >= 4 is 27.0 Å². The third-order valence-corrected chi connectivity index (χ3v) is 9.98. The quantitative estimate of drug-likeness (QED) is 0.0957. The van der Waals surface area contributed by atoms with Crippen molar-refractivity contribution in [3.8, 4) is 21.8 Å². The highest BCUT2D eigenvalue weighted by atomic mass is 32.2. The van der Waals surface area contributed by atoms with Crippen LogP contribution >= 0.6 is 11.3 Å². The van der Waals surface area contributed by atoms with Gasteiger partial charge in [-0.2, -0.15) is 0 Å². The Bertz CT molecular complexity index is 1720. The molecular formula is C36H40N4O3S2. The zero-order valence-electron chi connectivity index (χ0n) is 25.5. The molecule has 2 aromatic heterocycles. The molecule has 0 amide bonds. The molecule has 0 aliphatic heterocycles. The second-order valence-electron chi connectivity index (χ2n) is 11.1. The summed E-state index contributed by atoms with van der Waals surface area (Å²) in [5.74, 6) is 0. The van der Waals surface area contributed by atoms with E-state index in [0.717, 1.165) is 45.8 Å². The summed E-state index contributed by atoms with van der Waals surface area (Å²) in [6, 6.07) is 26.5. The van der Waals surface area contributed by atoms with E-state index in [-0.39, 0.29) is 4.90 Å². The number of thiazole rings is 1. The molecular weight excluding hydrogens is 601 g/mol. The fourth-order valence-electron chi connectivity index (χ4n) is 5.03. The molecule has 234 valence electrons. The average Bonchev–Trinajstić information content (AvgIpc) is 3.57. The van der Waals surface area contributed by atoms with Crippen molar-refractivity contribution in [1.29, 1.82) is 0 Å². The summed E-state index contributed by atoms with van der Waals surface area (Å²) in [6.45, 7) is 3.34.